The summed E-state index contributed by atoms with van der Waals surface area (Å²) in [5.41, 5.74) is 3.10. The molecule has 3 nitrogen and oxygen atoms in total. The van der Waals surface area contributed by atoms with Gasteiger partial charge in [0.05, 0.1) is 0 Å². The number of amides is 1. The van der Waals surface area contributed by atoms with Gasteiger partial charge in [-0.2, -0.15) is 0 Å². The van der Waals surface area contributed by atoms with Gasteiger partial charge in [0.2, 0.25) is 5.91 Å². The molecule has 0 atom stereocenters. The second-order valence-electron chi connectivity index (χ2n) is 5.05. The van der Waals surface area contributed by atoms with E-state index in [0.717, 1.165) is 24.2 Å². The number of hydrogen-bond donors (Lipinski definition) is 1. The number of phenols is 1. The van der Waals surface area contributed by atoms with Crippen molar-refractivity contribution in [2.45, 2.75) is 19.3 Å². The van der Waals surface area contributed by atoms with Crippen LogP contribution in [-0.4, -0.2) is 17.6 Å². The normalized spacial score (nSPS) is 13.3. The van der Waals surface area contributed by atoms with Gasteiger partial charge in [-0.1, -0.05) is 36.4 Å². The van der Waals surface area contributed by atoms with Gasteiger partial charge >= 0.3 is 0 Å². The third-order valence-electron chi connectivity index (χ3n) is 3.79. The zero-order chi connectivity index (χ0) is 13.9. The van der Waals surface area contributed by atoms with Crippen LogP contribution in [0, 0.1) is 0 Å². The number of benzene rings is 2. The molecule has 0 bridgehead atoms. The minimum atomic E-state index is 0.123. The molecule has 2 aromatic carbocycles. The van der Waals surface area contributed by atoms with Crippen molar-refractivity contribution in [1.29, 1.82) is 0 Å². The SMILES string of the molecule is O=C(CCc1ccccc1O)N1CCc2ccccc21. The van der Waals surface area contributed by atoms with Crippen LogP contribution < -0.4 is 4.90 Å². The molecule has 0 spiro atoms. The third kappa shape index (κ3) is 2.39. The van der Waals surface area contributed by atoms with Gasteiger partial charge in [0, 0.05) is 18.7 Å². The van der Waals surface area contributed by atoms with Crippen LogP contribution in [0.15, 0.2) is 48.5 Å². The van der Waals surface area contributed by atoms with Crippen LogP contribution >= 0.6 is 0 Å². The third-order valence-corrected chi connectivity index (χ3v) is 3.79. The first-order chi connectivity index (χ1) is 9.75. The topological polar surface area (TPSA) is 40.5 Å². The Bertz CT molecular complexity index is 636. The zero-order valence-electron chi connectivity index (χ0n) is 11.2. The summed E-state index contributed by atoms with van der Waals surface area (Å²) in [5, 5.41) is 9.72. The summed E-state index contributed by atoms with van der Waals surface area (Å²) in [4.78, 5) is 14.2. The van der Waals surface area contributed by atoms with Crippen LogP contribution in [0.1, 0.15) is 17.5 Å². The quantitative estimate of drug-likeness (QED) is 0.929. The lowest BCUT2D eigenvalue weighted by atomic mass is 10.1. The molecular formula is C17H17NO2. The predicted octanol–water partition coefficient (Wildman–Crippen LogP) is 2.91. The number of carbonyl (C=O) groups excluding carboxylic acids is 1. The average molecular weight is 267 g/mol. The Labute approximate surface area is 118 Å². The van der Waals surface area contributed by atoms with E-state index in [1.54, 1.807) is 12.1 Å². The molecule has 0 aliphatic carbocycles. The summed E-state index contributed by atoms with van der Waals surface area (Å²) < 4.78 is 0. The van der Waals surface area contributed by atoms with Crippen molar-refractivity contribution < 1.29 is 9.90 Å². The maximum atomic E-state index is 12.3. The molecule has 1 aliphatic rings. The number of nitrogens with zero attached hydrogens (tertiary/aromatic N) is 1. The minimum Gasteiger partial charge on any atom is -0.508 e. The fourth-order valence-corrected chi connectivity index (χ4v) is 2.70. The second kappa shape index (κ2) is 5.37. The number of anilines is 1. The van der Waals surface area contributed by atoms with Gasteiger partial charge < -0.3 is 10.0 Å². The monoisotopic (exact) mass is 267 g/mol. The number of aromatic hydroxyl groups is 1. The van der Waals surface area contributed by atoms with E-state index in [1.807, 2.05) is 35.2 Å². The van der Waals surface area contributed by atoms with Crippen LogP contribution in [0.4, 0.5) is 5.69 Å². The van der Waals surface area contributed by atoms with E-state index in [2.05, 4.69) is 6.07 Å². The van der Waals surface area contributed by atoms with Crippen LogP contribution in [0.25, 0.3) is 0 Å². The molecule has 0 fully saturated rings. The Hall–Kier alpha value is -2.29. The Balaban J connectivity index is 1.68. The van der Waals surface area contributed by atoms with Crippen molar-refractivity contribution in [1.82, 2.24) is 0 Å². The van der Waals surface area contributed by atoms with Crippen LogP contribution in [0.3, 0.4) is 0 Å². The predicted molar refractivity (Wildman–Crippen MR) is 78.9 cm³/mol. The molecule has 0 saturated carbocycles. The largest absolute Gasteiger partial charge is 0.508 e. The molecule has 0 unspecified atom stereocenters. The number of carbonyl (C=O) groups is 1. The Morgan fingerprint density at radius 2 is 1.85 bits per heavy atom. The highest BCUT2D eigenvalue weighted by atomic mass is 16.3. The van der Waals surface area contributed by atoms with Crippen molar-refractivity contribution in [2.24, 2.45) is 0 Å². The molecule has 3 rings (SSSR count). The fourth-order valence-electron chi connectivity index (χ4n) is 2.70. The van der Waals surface area contributed by atoms with Gasteiger partial charge in [-0.3, -0.25) is 4.79 Å². The lowest BCUT2D eigenvalue weighted by Crippen LogP contribution is -2.29. The lowest BCUT2D eigenvalue weighted by Gasteiger charge is -2.17. The van der Waals surface area contributed by atoms with Crippen molar-refractivity contribution in [3.8, 4) is 5.75 Å². The summed E-state index contributed by atoms with van der Waals surface area (Å²) in [6.07, 6.45) is 1.93. The first-order valence-corrected chi connectivity index (χ1v) is 6.91. The number of aryl methyl sites for hydroxylation is 1. The molecule has 1 heterocycles. The number of fused-ring (bicyclic) bond motifs is 1. The van der Waals surface area contributed by atoms with Crippen LogP contribution in [0.2, 0.25) is 0 Å². The summed E-state index contributed by atoms with van der Waals surface area (Å²) in [7, 11) is 0. The van der Waals surface area contributed by atoms with E-state index < -0.39 is 0 Å². The van der Waals surface area contributed by atoms with Crippen molar-refractivity contribution in [3.05, 3.63) is 59.7 Å². The second-order valence-corrected chi connectivity index (χ2v) is 5.05. The Morgan fingerprint density at radius 3 is 2.70 bits per heavy atom. The summed E-state index contributed by atoms with van der Waals surface area (Å²) >= 11 is 0. The van der Waals surface area contributed by atoms with E-state index in [1.165, 1.54) is 5.56 Å². The number of hydrogen-bond acceptors (Lipinski definition) is 2. The lowest BCUT2D eigenvalue weighted by molar-refractivity contribution is -0.118. The molecule has 0 saturated heterocycles. The molecule has 102 valence electrons. The highest BCUT2D eigenvalue weighted by Crippen LogP contribution is 2.28. The van der Waals surface area contributed by atoms with Gasteiger partial charge in [0.1, 0.15) is 5.75 Å². The maximum Gasteiger partial charge on any atom is 0.227 e. The highest BCUT2D eigenvalue weighted by Gasteiger charge is 2.23. The van der Waals surface area contributed by atoms with E-state index >= 15 is 0 Å². The smallest absolute Gasteiger partial charge is 0.227 e. The molecule has 0 aromatic heterocycles. The van der Waals surface area contributed by atoms with Crippen LogP contribution in [0.5, 0.6) is 5.75 Å². The fraction of sp³-hybridized carbons (Fsp3) is 0.235. The summed E-state index contributed by atoms with van der Waals surface area (Å²) in [6.45, 7) is 0.763. The molecule has 0 radical (unpaired) electrons. The van der Waals surface area contributed by atoms with Gasteiger partial charge in [0.15, 0.2) is 0 Å². The number of phenolic OH excluding ortho intramolecular Hbond substituents is 1. The van der Waals surface area contributed by atoms with E-state index in [9.17, 15) is 9.90 Å². The van der Waals surface area contributed by atoms with E-state index in [0.29, 0.717) is 12.8 Å². The van der Waals surface area contributed by atoms with Crippen molar-refractivity contribution in [3.63, 3.8) is 0 Å². The standard InChI is InChI=1S/C17H17NO2/c19-16-8-4-2-6-14(16)9-10-17(20)18-12-11-13-5-1-3-7-15(13)18/h1-8,19H,9-12H2. The number of rotatable bonds is 3. The highest BCUT2D eigenvalue weighted by molar-refractivity contribution is 5.95. The first-order valence-electron chi connectivity index (χ1n) is 6.91. The molecular weight excluding hydrogens is 250 g/mol. The molecule has 20 heavy (non-hydrogen) atoms. The first kappa shape index (κ1) is 12.7. The van der Waals surface area contributed by atoms with Crippen molar-refractivity contribution in [2.75, 3.05) is 11.4 Å². The van der Waals surface area contributed by atoms with Crippen LogP contribution in [-0.2, 0) is 17.6 Å². The van der Waals surface area contributed by atoms with Crippen molar-refractivity contribution >= 4 is 11.6 Å². The summed E-state index contributed by atoms with van der Waals surface area (Å²) in [6, 6.07) is 15.2. The Morgan fingerprint density at radius 1 is 1.10 bits per heavy atom. The minimum absolute atomic E-state index is 0.123. The van der Waals surface area contributed by atoms with Gasteiger partial charge in [0.25, 0.3) is 0 Å². The molecule has 1 aliphatic heterocycles. The molecule has 1 amide bonds. The Kier molecular flexibility index (Phi) is 3.42. The number of para-hydroxylation sites is 2. The molecule has 1 N–H and O–H groups in total. The molecule has 3 heteroatoms. The zero-order valence-corrected chi connectivity index (χ0v) is 11.2. The molecule has 2 aromatic rings. The van der Waals surface area contributed by atoms with E-state index in [-0.39, 0.29) is 11.7 Å². The van der Waals surface area contributed by atoms with E-state index in [4.69, 9.17) is 0 Å². The maximum absolute atomic E-state index is 12.3. The summed E-state index contributed by atoms with van der Waals surface area (Å²) in [5.74, 6) is 0.389. The average Bonchev–Trinajstić information content (AvgIpc) is 2.90. The van der Waals surface area contributed by atoms with Gasteiger partial charge in [-0.05, 0) is 36.1 Å². The van der Waals surface area contributed by atoms with Gasteiger partial charge in [-0.25, -0.2) is 0 Å². The van der Waals surface area contributed by atoms with Gasteiger partial charge in [-0.15, -0.1) is 0 Å².